The molecule has 0 aromatic carbocycles. The minimum absolute atomic E-state index is 0. The molecule has 0 aromatic heterocycles. The zero-order chi connectivity index (χ0) is 89.8. The number of halogens is 9. The molecule has 5 unspecified atom stereocenters. The van der Waals surface area contributed by atoms with Crippen LogP contribution in [0, 0.1) is 38.9 Å². The molecule has 812 valence electrons. The van der Waals surface area contributed by atoms with E-state index in [9.17, 15) is 73.1 Å². The zero-order valence-electron chi connectivity index (χ0n) is 75.3. The number of carbonyl (C=O) groups is 7. The van der Waals surface area contributed by atoms with E-state index >= 15 is 0 Å². The van der Waals surface area contributed by atoms with Gasteiger partial charge < -0.3 is 66.3 Å². The summed E-state index contributed by atoms with van der Waals surface area (Å²) in [5, 5.41) is 0. The SMILES string of the molecule is C.C.C.C.C.C.C.C.C.C.C.C.C.C.CCC(C)(C(=O)OCOC1CCCC1)C(F)(F)F.CCC(C)(C(=O)OCOC1CCCCC1)C(F)(F)F.CCC(C)(C(=O)OCOC1CCCCCC1)C(F)(F)F.CCC(C)(C)C(=O)OCOC1CCCC1.CCC(C)(C)C(=O)OCOC1CCCCCC1.CCC(C)C(=O)OCOC1CCCC1.CCC(C)C(=O)OCOC1CCCCCC1. The maximum atomic E-state index is 12.8. The first-order valence-electron chi connectivity index (χ1n) is 44.7. The summed E-state index contributed by atoms with van der Waals surface area (Å²) in [5.41, 5.74) is -8.15. The lowest BCUT2D eigenvalue weighted by Crippen LogP contribution is -2.43. The first-order valence-corrected chi connectivity index (χ1v) is 44.7. The fourth-order valence-electron chi connectivity index (χ4n) is 13.1. The van der Waals surface area contributed by atoms with Crippen LogP contribution in [0.5, 0.6) is 0 Å². The first kappa shape index (κ1) is 159. The van der Waals surface area contributed by atoms with E-state index < -0.39 is 78.5 Å². The lowest BCUT2D eigenvalue weighted by Gasteiger charge is -2.29. The van der Waals surface area contributed by atoms with Gasteiger partial charge in [-0.1, -0.05) is 301 Å². The van der Waals surface area contributed by atoms with Crippen LogP contribution in [0.15, 0.2) is 0 Å². The van der Waals surface area contributed by atoms with Crippen LogP contribution in [0.25, 0.3) is 0 Å². The van der Waals surface area contributed by atoms with Crippen molar-refractivity contribution in [2.45, 2.75) is 546 Å². The van der Waals surface area contributed by atoms with Crippen molar-refractivity contribution in [2.24, 2.45) is 38.9 Å². The Balaban J connectivity index is -0.000000102. The molecule has 0 bridgehead atoms. The molecule has 0 saturated heterocycles. The molecule has 0 radical (unpaired) electrons. The molecule has 7 fully saturated rings. The highest BCUT2D eigenvalue weighted by Crippen LogP contribution is 2.45. The van der Waals surface area contributed by atoms with Gasteiger partial charge in [0.1, 0.15) is 0 Å². The van der Waals surface area contributed by atoms with Gasteiger partial charge in [0.15, 0.2) is 63.8 Å². The van der Waals surface area contributed by atoms with E-state index in [0.717, 1.165) is 194 Å². The molecule has 7 aliphatic rings. The first-order chi connectivity index (χ1) is 56.0. The summed E-state index contributed by atoms with van der Waals surface area (Å²) in [4.78, 5) is 80.6. The predicted octanol–water partition coefficient (Wildman–Crippen LogP) is 32.7. The highest BCUT2D eigenvalue weighted by Gasteiger charge is 2.59. The standard InChI is InChI=1S/C14H23F3O3.C14H26O3.C13H21F3O3.C13H24O3.C12H19F3O3.C12H22O3.C11H20O3.14CH4/c1-3-13(2,14(15,16)17)12(18)20-10-19-11-8-6-4-5-7-9-11;1-4-14(2,3)13(15)17-11-16-12-9-7-5-6-8-10-12;1-3-12(2,13(14,15)16)11(17)19-9-18-10-7-5-4-6-8-10;1-3-11(2)13(14)16-10-15-12-8-6-4-5-7-9-12;1-3-11(2,12(13,14)15)10(16)18-8-17-9-6-4-5-7-9;1-4-12(2,3)11(13)15-9-14-10-7-5-6-8-10;1-3-9(2)11(12)14-8-13-10-6-4-5-7-10;;;;;;;;;;;;;;/h11H,3-10H2,1-2H3;12H,4-11H2,1-3H3;10H,3-9H2,1-2H3;11-12H,3-10H2,1-2H3;9H,3-8H2,1-2H3;10H,4-9H2,1-3H3;9-10H,3-8H2,1-2H3;14*1H4. The van der Waals surface area contributed by atoms with Gasteiger partial charge in [0, 0.05) is 0 Å². The van der Waals surface area contributed by atoms with Crippen molar-refractivity contribution in [2.75, 3.05) is 47.6 Å². The summed E-state index contributed by atoms with van der Waals surface area (Å²) in [6.45, 7) is 25.1. The molecule has 0 amide bonds. The summed E-state index contributed by atoms with van der Waals surface area (Å²) in [6.07, 6.45) is 28.6. The fourth-order valence-corrected chi connectivity index (χ4v) is 13.1. The fraction of sp³-hybridized carbons (Fsp3) is 0.932. The van der Waals surface area contributed by atoms with E-state index in [1.54, 1.807) is 0 Å². The number of alkyl halides is 9. The lowest BCUT2D eigenvalue weighted by molar-refractivity contribution is -0.238. The largest absolute Gasteiger partial charge is 0.438 e. The molecule has 0 heterocycles. The lowest BCUT2D eigenvalue weighted by atomic mass is 9.87. The van der Waals surface area contributed by atoms with Gasteiger partial charge in [-0.25, -0.2) is 0 Å². The highest BCUT2D eigenvalue weighted by atomic mass is 19.4. The number of hydrogen-bond acceptors (Lipinski definition) is 21. The Labute approximate surface area is 809 Å². The van der Waals surface area contributed by atoms with E-state index in [1.807, 2.05) is 69.2 Å². The molecule has 7 aliphatic carbocycles. The smallest absolute Gasteiger partial charge is 0.404 e. The van der Waals surface area contributed by atoms with Crippen LogP contribution >= 0.6 is 0 Å². The molecule has 0 aromatic rings. The van der Waals surface area contributed by atoms with Gasteiger partial charge in [-0.05, 0) is 183 Å². The summed E-state index contributed by atoms with van der Waals surface area (Å²) in [6, 6.07) is 0. The summed E-state index contributed by atoms with van der Waals surface area (Å²) < 4.78 is 187. The van der Waals surface area contributed by atoms with Crippen LogP contribution in [0.2, 0.25) is 0 Å². The van der Waals surface area contributed by atoms with E-state index in [2.05, 4.69) is 14.2 Å². The van der Waals surface area contributed by atoms with Crippen LogP contribution in [-0.4, -0.2) is 151 Å². The number of esters is 7. The van der Waals surface area contributed by atoms with Crippen LogP contribution in [0.3, 0.4) is 0 Å². The van der Waals surface area contributed by atoms with Crippen LogP contribution in [0.1, 0.15) is 484 Å². The Morgan fingerprint density at radius 3 is 0.496 bits per heavy atom. The van der Waals surface area contributed by atoms with Gasteiger partial charge in [0.2, 0.25) is 0 Å². The molecule has 7 saturated carbocycles. The van der Waals surface area contributed by atoms with Gasteiger partial charge in [-0.15, -0.1) is 0 Å². The number of ether oxygens (including phenoxy) is 14. The van der Waals surface area contributed by atoms with Gasteiger partial charge in [0.05, 0.1) is 65.4 Å². The van der Waals surface area contributed by atoms with Gasteiger partial charge >= 0.3 is 60.3 Å². The molecule has 30 heteroatoms. The third-order valence-electron chi connectivity index (χ3n) is 24.6. The number of rotatable bonds is 35. The molecule has 0 spiro atoms. The predicted molar refractivity (Wildman–Crippen MR) is 527 cm³/mol. The normalized spacial score (nSPS) is 17.9. The average molecular weight is 1960 g/mol. The Kier molecular flexibility index (Phi) is 102. The maximum Gasteiger partial charge on any atom is 0.404 e. The quantitative estimate of drug-likeness (QED) is 0.0188. The van der Waals surface area contributed by atoms with Crippen molar-refractivity contribution in [1.29, 1.82) is 0 Å². The number of hydrogen-bond donors (Lipinski definition) is 0. The molecule has 21 nitrogen and oxygen atoms in total. The third kappa shape index (κ3) is 63.6. The Morgan fingerprint density at radius 2 is 0.361 bits per heavy atom. The minimum atomic E-state index is -4.61. The number of carbonyl (C=O) groups excluding carboxylic acids is 7. The molecule has 0 aliphatic heterocycles. The van der Waals surface area contributed by atoms with E-state index in [4.69, 9.17) is 52.1 Å². The highest BCUT2D eigenvalue weighted by molar-refractivity contribution is 5.79. The molecular weight excluding hydrogens is 1740 g/mol. The maximum absolute atomic E-state index is 12.8. The van der Waals surface area contributed by atoms with Crippen molar-refractivity contribution >= 4 is 41.8 Å². The second-order valence-corrected chi connectivity index (χ2v) is 34.5. The monoisotopic (exact) mass is 1960 g/mol. The van der Waals surface area contributed by atoms with Crippen molar-refractivity contribution in [3.63, 3.8) is 0 Å². The molecule has 7 rings (SSSR count). The second-order valence-electron chi connectivity index (χ2n) is 34.5. The van der Waals surface area contributed by atoms with Crippen molar-refractivity contribution in [3.8, 4) is 0 Å². The van der Waals surface area contributed by atoms with Crippen molar-refractivity contribution < 1.29 is 139 Å². The van der Waals surface area contributed by atoms with E-state index in [1.165, 1.54) is 97.8 Å². The topological polar surface area (TPSA) is 249 Å². The minimum Gasteiger partial charge on any atom is -0.438 e. The Hall–Kier alpha value is -4.62. The van der Waals surface area contributed by atoms with Gasteiger partial charge in [-0.3, -0.25) is 33.6 Å². The van der Waals surface area contributed by atoms with Gasteiger partial charge in [0.25, 0.3) is 0 Å². The summed E-state index contributed by atoms with van der Waals surface area (Å²) in [7, 11) is 0. The van der Waals surface area contributed by atoms with Crippen molar-refractivity contribution in [3.05, 3.63) is 0 Å². The van der Waals surface area contributed by atoms with Crippen LogP contribution in [0.4, 0.5) is 39.5 Å². The molecular formula is C103H211F9O21. The summed E-state index contributed by atoms with van der Waals surface area (Å²) in [5.74, 6) is -4.44. The zero-order valence-corrected chi connectivity index (χ0v) is 75.3. The van der Waals surface area contributed by atoms with Crippen molar-refractivity contribution in [1.82, 2.24) is 0 Å². The molecule has 0 N–H and O–H groups in total. The second kappa shape index (κ2) is 85.4. The molecule has 133 heavy (non-hydrogen) atoms. The molecule has 5 atom stereocenters. The average Bonchev–Trinajstić information content (AvgIpc) is 1.09. The van der Waals surface area contributed by atoms with Crippen LogP contribution in [-0.2, 0) is 99.9 Å². The van der Waals surface area contributed by atoms with Gasteiger partial charge in [-0.2, -0.15) is 39.5 Å². The Morgan fingerprint density at radius 1 is 0.226 bits per heavy atom. The van der Waals surface area contributed by atoms with E-state index in [0.29, 0.717) is 18.3 Å². The third-order valence-corrected chi connectivity index (χ3v) is 24.6. The Bertz CT molecular complexity index is 2710. The van der Waals surface area contributed by atoms with Crippen LogP contribution < -0.4 is 0 Å². The van der Waals surface area contributed by atoms with E-state index in [-0.39, 0.29) is 216 Å². The summed E-state index contributed by atoms with van der Waals surface area (Å²) >= 11 is 0.